The summed E-state index contributed by atoms with van der Waals surface area (Å²) in [4.78, 5) is 17.2. The van der Waals surface area contributed by atoms with Crippen molar-refractivity contribution < 1.29 is 18.3 Å². The molecule has 1 aromatic heterocycles. The predicted molar refractivity (Wildman–Crippen MR) is 86.9 cm³/mol. The lowest BCUT2D eigenvalue weighted by molar-refractivity contribution is -0.140. The Morgan fingerprint density at radius 2 is 2.13 bits per heavy atom. The van der Waals surface area contributed by atoms with E-state index in [1.165, 1.54) is 12.3 Å². The molecule has 7 nitrogen and oxygen atoms in total. The van der Waals surface area contributed by atoms with Crippen LogP contribution in [0.2, 0.25) is 0 Å². The number of nitrogens with zero attached hydrogens (tertiary/aromatic N) is 2. The van der Waals surface area contributed by atoms with Crippen molar-refractivity contribution in [1.29, 1.82) is 0 Å². The molecule has 2 heterocycles. The number of anilines is 1. The number of aliphatic carboxylic acids is 1. The first kappa shape index (κ1) is 17.7. The highest BCUT2D eigenvalue weighted by atomic mass is 32.2. The Hall–Kier alpha value is -1.67. The number of pyridine rings is 1. The van der Waals surface area contributed by atoms with Crippen LogP contribution in [0.1, 0.15) is 33.1 Å². The third-order valence-corrected chi connectivity index (χ3v) is 5.71. The van der Waals surface area contributed by atoms with Crippen LogP contribution in [0.3, 0.4) is 0 Å². The van der Waals surface area contributed by atoms with E-state index in [4.69, 9.17) is 5.11 Å². The molecular weight excluding hydrogens is 318 g/mol. The van der Waals surface area contributed by atoms with Crippen molar-refractivity contribution in [2.45, 2.75) is 44.0 Å². The third-order valence-electron chi connectivity index (χ3n) is 4.20. The molecular formula is C15H23N3O4S. The third kappa shape index (κ3) is 4.20. The molecule has 1 saturated heterocycles. The van der Waals surface area contributed by atoms with Crippen LogP contribution in [-0.4, -0.2) is 43.6 Å². The number of carboxylic acids is 1. The first-order valence-electron chi connectivity index (χ1n) is 7.83. The average Bonchev–Trinajstić information content (AvgIpc) is 3.03. The summed E-state index contributed by atoms with van der Waals surface area (Å²) >= 11 is 0. The van der Waals surface area contributed by atoms with E-state index in [2.05, 4.69) is 9.71 Å². The highest BCUT2D eigenvalue weighted by Gasteiger charge is 2.29. The van der Waals surface area contributed by atoms with Crippen molar-refractivity contribution in [3.63, 3.8) is 0 Å². The zero-order valence-electron chi connectivity index (χ0n) is 13.4. The molecule has 0 aromatic carbocycles. The fourth-order valence-electron chi connectivity index (χ4n) is 2.63. The van der Waals surface area contributed by atoms with E-state index in [0.29, 0.717) is 25.3 Å². The number of carbonyl (C=O) groups is 1. The molecule has 0 saturated carbocycles. The fourth-order valence-corrected chi connectivity index (χ4v) is 3.98. The van der Waals surface area contributed by atoms with Crippen LogP contribution in [0.5, 0.6) is 0 Å². The number of sulfonamides is 1. The first-order valence-corrected chi connectivity index (χ1v) is 9.31. The Labute approximate surface area is 136 Å². The maximum absolute atomic E-state index is 12.3. The van der Waals surface area contributed by atoms with Gasteiger partial charge < -0.3 is 10.0 Å². The van der Waals surface area contributed by atoms with Crippen molar-refractivity contribution in [1.82, 2.24) is 9.71 Å². The summed E-state index contributed by atoms with van der Waals surface area (Å²) in [7, 11) is -3.57. The molecule has 23 heavy (non-hydrogen) atoms. The Morgan fingerprint density at radius 1 is 1.43 bits per heavy atom. The maximum atomic E-state index is 12.3. The second-order valence-electron chi connectivity index (χ2n) is 5.76. The molecule has 0 aliphatic carbocycles. The highest BCUT2D eigenvalue weighted by molar-refractivity contribution is 7.89. The molecule has 0 bridgehead atoms. The van der Waals surface area contributed by atoms with Crippen molar-refractivity contribution in [3.05, 3.63) is 18.3 Å². The van der Waals surface area contributed by atoms with Gasteiger partial charge in [0.1, 0.15) is 10.7 Å². The van der Waals surface area contributed by atoms with Crippen LogP contribution in [0.4, 0.5) is 5.82 Å². The minimum atomic E-state index is -3.57. The maximum Gasteiger partial charge on any atom is 0.308 e. The average molecular weight is 341 g/mol. The van der Waals surface area contributed by atoms with Gasteiger partial charge in [0.05, 0.1) is 5.92 Å². The van der Waals surface area contributed by atoms with Crippen LogP contribution in [-0.2, 0) is 14.8 Å². The topological polar surface area (TPSA) is 99.6 Å². The lowest BCUT2D eigenvalue weighted by atomic mass is 10.1. The van der Waals surface area contributed by atoms with Crippen LogP contribution in [0.25, 0.3) is 0 Å². The molecule has 0 spiro atoms. The van der Waals surface area contributed by atoms with E-state index in [9.17, 15) is 13.2 Å². The summed E-state index contributed by atoms with van der Waals surface area (Å²) in [6.45, 7) is 4.89. The summed E-state index contributed by atoms with van der Waals surface area (Å²) in [5.74, 6) is -0.590. The van der Waals surface area contributed by atoms with Gasteiger partial charge in [0.2, 0.25) is 10.0 Å². The number of hydrogen-bond donors (Lipinski definition) is 2. The van der Waals surface area contributed by atoms with E-state index in [-0.39, 0.29) is 10.9 Å². The van der Waals surface area contributed by atoms with Crippen molar-refractivity contribution in [2.75, 3.05) is 18.0 Å². The first-order chi connectivity index (χ1) is 10.9. The van der Waals surface area contributed by atoms with Gasteiger partial charge in [-0.15, -0.1) is 0 Å². The van der Waals surface area contributed by atoms with Crippen LogP contribution < -0.4 is 9.62 Å². The predicted octanol–water partition coefficient (Wildman–Crippen LogP) is 1.46. The number of carboxylic acid groups (broad SMARTS) is 1. The zero-order valence-corrected chi connectivity index (χ0v) is 14.2. The van der Waals surface area contributed by atoms with E-state index in [1.807, 2.05) is 18.7 Å². The second-order valence-corrected chi connectivity index (χ2v) is 7.47. The van der Waals surface area contributed by atoms with E-state index in [0.717, 1.165) is 12.8 Å². The number of rotatable bonds is 7. The number of nitrogens with one attached hydrogen (secondary N) is 1. The van der Waals surface area contributed by atoms with Gasteiger partial charge in [-0.05, 0) is 31.4 Å². The van der Waals surface area contributed by atoms with Crippen LogP contribution in [0.15, 0.2) is 23.2 Å². The Bertz CT molecular complexity index is 641. The van der Waals surface area contributed by atoms with Crippen LogP contribution in [0, 0.1) is 5.92 Å². The molecule has 0 radical (unpaired) electrons. The number of aromatic nitrogens is 1. The highest BCUT2D eigenvalue weighted by Crippen LogP contribution is 2.23. The molecule has 128 valence electrons. The molecule has 1 aromatic rings. The normalized spacial score (nSPS) is 18.6. The van der Waals surface area contributed by atoms with Gasteiger partial charge in [-0.2, -0.15) is 0 Å². The summed E-state index contributed by atoms with van der Waals surface area (Å²) in [6.07, 6.45) is 3.36. The van der Waals surface area contributed by atoms with Gasteiger partial charge in [0.25, 0.3) is 0 Å². The lowest BCUT2D eigenvalue weighted by Gasteiger charge is -2.18. The van der Waals surface area contributed by atoms with Crippen molar-refractivity contribution in [2.24, 2.45) is 5.92 Å². The summed E-state index contributed by atoms with van der Waals surface area (Å²) in [5, 5.41) is 9.02. The SMILES string of the molecule is CCC(CC)NS(=O)(=O)c1ccc(N2CCC(C(=O)O)C2)nc1. The van der Waals surface area contributed by atoms with Gasteiger partial charge >= 0.3 is 5.97 Å². The van der Waals surface area contributed by atoms with Crippen molar-refractivity contribution in [3.8, 4) is 0 Å². The molecule has 1 fully saturated rings. The summed E-state index contributed by atoms with van der Waals surface area (Å²) in [5.41, 5.74) is 0. The summed E-state index contributed by atoms with van der Waals surface area (Å²) in [6, 6.07) is 3.06. The monoisotopic (exact) mass is 341 g/mol. The number of hydrogen-bond acceptors (Lipinski definition) is 5. The van der Waals surface area contributed by atoms with Gasteiger partial charge in [-0.3, -0.25) is 4.79 Å². The Morgan fingerprint density at radius 3 is 2.61 bits per heavy atom. The lowest BCUT2D eigenvalue weighted by Crippen LogP contribution is -2.34. The largest absolute Gasteiger partial charge is 0.481 e. The van der Waals surface area contributed by atoms with Gasteiger partial charge in [0.15, 0.2) is 0 Å². The zero-order chi connectivity index (χ0) is 17.0. The molecule has 8 heteroatoms. The minimum absolute atomic E-state index is 0.0883. The Kier molecular flexibility index (Phi) is 5.59. The molecule has 0 amide bonds. The van der Waals surface area contributed by atoms with Gasteiger partial charge in [-0.1, -0.05) is 13.8 Å². The smallest absolute Gasteiger partial charge is 0.308 e. The fraction of sp³-hybridized carbons (Fsp3) is 0.600. The molecule has 1 atom stereocenters. The molecule has 1 aliphatic rings. The Balaban J connectivity index is 2.09. The standard InChI is InChI=1S/C15H23N3O4S/c1-3-12(4-2)17-23(21,22)13-5-6-14(16-9-13)18-8-7-11(10-18)15(19)20/h5-6,9,11-12,17H,3-4,7-8,10H2,1-2H3,(H,19,20). The van der Waals surface area contributed by atoms with E-state index < -0.39 is 21.9 Å². The molecule has 2 N–H and O–H groups in total. The summed E-state index contributed by atoms with van der Waals surface area (Å²) < 4.78 is 27.2. The minimum Gasteiger partial charge on any atom is -0.481 e. The molecule has 2 rings (SSSR count). The molecule has 1 unspecified atom stereocenters. The van der Waals surface area contributed by atoms with Crippen molar-refractivity contribution >= 4 is 21.8 Å². The van der Waals surface area contributed by atoms with Crippen LogP contribution >= 0.6 is 0 Å². The van der Waals surface area contributed by atoms with Gasteiger partial charge in [-0.25, -0.2) is 18.1 Å². The van der Waals surface area contributed by atoms with E-state index >= 15 is 0 Å². The quantitative estimate of drug-likeness (QED) is 0.779. The molecule has 1 aliphatic heterocycles. The second kappa shape index (κ2) is 7.27. The van der Waals surface area contributed by atoms with Gasteiger partial charge in [0, 0.05) is 25.3 Å². The van der Waals surface area contributed by atoms with E-state index in [1.54, 1.807) is 6.07 Å².